The van der Waals surface area contributed by atoms with E-state index in [4.69, 9.17) is 28.9 Å². The summed E-state index contributed by atoms with van der Waals surface area (Å²) in [5.74, 6) is -1.56. The summed E-state index contributed by atoms with van der Waals surface area (Å²) in [6, 6.07) is 7.49. The smallest absolute Gasteiger partial charge is 0.229 e. The zero-order valence-electron chi connectivity index (χ0n) is 14.9. The molecular formula is C19H19Cl2FN4O2. The van der Waals surface area contributed by atoms with Crippen LogP contribution in [0.5, 0.6) is 0 Å². The van der Waals surface area contributed by atoms with Crippen molar-refractivity contribution in [1.82, 2.24) is 9.88 Å². The second-order valence-corrected chi connectivity index (χ2v) is 7.56. The number of pyridine rings is 1. The maximum absolute atomic E-state index is 13.0. The summed E-state index contributed by atoms with van der Waals surface area (Å²) >= 11 is 12.0. The Kier molecular flexibility index (Phi) is 6.36. The largest absolute Gasteiger partial charge is 0.382 e. The molecule has 1 aliphatic heterocycles. The van der Waals surface area contributed by atoms with Crippen LogP contribution in [-0.4, -0.2) is 34.8 Å². The molecule has 0 radical (unpaired) electrons. The molecule has 1 fully saturated rings. The fourth-order valence-corrected chi connectivity index (χ4v) is 3.78. The van der Waals surface area contributed by atoms with E-state index in [1.807, 2.05) is 0 Å². The molecule has 1 aromatic carbocycles. The molecule has 28 heavy (non-hydrogen) atoms. The maximum Gasteiger partial charge on any atom is 0.229 e. The Balaban J connectivity index is 1.62. The molecule has 1 saturated heterocycles. The summed E-state index contributed by atoms with van der Waals surface area (Å²) in [5, 5.41) is 3.60. The molecule has 0 bridgehead atoms. The Morgan fingerprint density at radius 1 is 1.25 bits per heavy atom. The van der Waals surface area contributed by atoms with Crippen molar-refractivity contribution in [1.29, 1.82) is 0 Å². The molecule has 1 atom stereocenters. The van der Waals surface area contributed by atoms with Crippen molar-refractivity contribution in [3.05, 3.63) is 51.9 Å². The number of benzene rings is 1. The molecule has 9 heteroatoms. The van der Waals surface area contributed by atoms with E-state index in [-0.39, 0.29) is 35.7 Å². The van der Waals surface area contributed by atoms with Crippen LogP contribution in [0.3, 0.4) is 0 Å². The second-order valence-electron chi connectivity index (χ2n) is 6.69. The molecule has 148 valence electrons. The zero-order chi connectivity index (χ0) is 20.3. The number of nitrogens with two attached hydrogens (primary N) is 1. The first-order valence-corrected chi connectivity index (χ1v) is 9.53. The highest BCUT2D eigenvalue weighted by Crippen LogP contribution is 2.23. The van der Waals surface area contributed by atoms with Gasteiger partial charge in [0.25, 0.3) is 0 Å². The lowest BCUT2D eigenvalue weighted by molar-refractivity contribution is -0.133. The third kappa shape index (κ3) is 5.11. The van der Waals surface area contributed by atoms with Crippen LogP contribution in [0.4, 0.5) is 15.9 Å². The van der Waals surface area contributed by atoms with Crippen LogP contribution in [0, 0.1) is 11.9 Å². The Hall–Kier alpha value is -2.38. The van der Waals surface area contributed by atoms with Crippen molar-refractivity contribution in [2.75, 3.05) is 24.1 Å². The van der Waals surface area contributed by atoms with Gasteiger partial charge in [-0.2, -0.15) is 4.39 Å². The number of rotatable bonds is 4. The first-order valence-electron chi connectivity index (χ1n) is 8.77. The van der Waals surface area contributed by atoms with Crippen molar-refractivity contribution >= 4 is 46.5 Å². The molecule has 2 heterocycles. The lowest BCUT2D eigenvalue weighted by atomic mass is 9.96. The van der Waals surface area contributed by atoms with Gasteiger partial charge < -0.3 is 16.0 Å². The summed E-state index contributed by atoms with van der Waals surface area (Å²) in [6.07, 6.45) is 1.51. The normalized spacial score (nSPS) is 16.7. The minimum atomic E-state index is -0.717. The van der Waals surface area contributed by atoms with E-state index in [9.17, 15) is 14.0 Å². The van der Waals surface area contributed by atoms with Crippen LogP contribution in [-0.2, 0) is 16.0 Å². The summed E-state index contributed by atoms with van der Waals surface area (Å²) in [5.41, 5.74) is 6.61. The van der Waals surface area contributed by atoms with Crippen LogP contribution in [0.1, 0.15) is 18.4 Å². The van der Waals surface area contributed by atoms with Crippen molar-refractivity contribution < 1.29 is 14.0 Å². The highest BCUT2D eigenvalue weighted by atomic mass is 35.5. The molecule has 2 amide bonds. The Morgan fingerprint density at radius 2 is 1.96 bits per heavy atom. The number of piperidine rings is 1. The van der Waals surface area contributed by atoms with Gasteiger partial charge in [0.2, 0.25) is 17.8 Å². The number of nitrogens with one attached hydrogen (secondary N) is 1. The summed E-state index contributed by atoms with van der Waals surface area (Å²) in [6.45, 7) is 0.880. The van der Waals surface area contributed by atoms with Crippen LogP contribution < -0.4 is 11.1 Å². The second kappa shape index (κ2) is 8.75. The SMILES string of the molecule is Nc1nc(F)ccc1NC(=O)C1CCCN(C(=O)Cc2cc(Cl)cc(Cl)c2)C1. The number of carbonyl (C=O) groups is 2. The summed E-state index contributed by atoms with van der Waals surface area (Å²) in [4.78, 5) is 30.4. The summed E-state index contributed by atoms with van der Waals surface area (Å²) < 4.78 is 13.0. The zero-order valence-corrected chi connectivity index (χ0v) is 16.4. The molecule has 1 unspecified atom stereocenters. The molecule has 3 rings (SSSR count). The predicted octanol–water partition coefficient (Wildman–Crippen LogP) is 3.53. The van der Waals surface area contributed by atoms with Gasteiger partial charge in [-0.05, 0) is 48.7 Å². The van der Waals surface area contributed by atoms with Gasteiger partial charge in [-0.15, -0.1) is 0 Å². The average Bonchev–Trinajstić information content (AvgIpc) is 2.63. The molecule has 2 aromatic rings. The molecular weight excluding hydrogens is 406 g/mol. The first kappa shape index (κ1) is 20.4. The standard InChI is InChI=1S/C19H19Cl2FN4O2/c20-13-6-11(7-14(21)9-13)8-17(27)26-5-1-2-12(10-26)19(28)24-15-3-4-16(22)25-18(15)23/h3-4,6-7,9,12H,1-2,5,8,10H2,(H2,23,25)(H,24,28). The van der Waals surface area contributed by atoms with Crippen molar-refractivity contribution in [2.45, 2.75) is 19.3 Å². The van der Waals surface area contributed by atoms with Gasteiger partial charge in [-0.25, -0.2) is 4.98 Å². The minimum Gasteiger partial charge on any atom is -0.382 e. The van der Waals surface area contributed by atoms with Gasteiger partial charge in [-0.3, -0.25) is 9.59 Å². The predicted molar refractivity (Wildman–Crippen MR) is 107 cm³/mol. The van der Waals surface area contributed by atoms with E-state index >= 15 is 0 Å². The number of hydrogen-bond donors (Lipinski definition) is 2. The Labute approximate surface area is 171 Å². The lowest BCUT2D eigenvalue weighted by Gasteiger charge is -2.32. The van der Waals surface area contributed by atoms with Crippen LogP contribution >= 0.6 is 23.2 Å². The van der Waals surface area contributed by atoms with Crippen molar-refractivity contribution in [3.63, 3.8) is 0 Å². The third-order valence-electron chi connectivity index (χ3n) is 4.57. The van der Waals surface area contributed by atoms with Gasteiger partial charge in [-0.1, -0.05) is 23.2 Å². The topological polar surface area (TPSA) is 88.3 Å². The molecule has 6 nitrogen and oxygen atoms in total. The molecule has 0 saturated carbocycles. The number of nitrogen functional groups attached to an aromatic ring is 1. The number of hydrogen-bond acceptors (Lipinski definition) is 4. The lowest BCUT2D eigenvalue weighted by Crippen LogP contribution is -2.44. The van der Waals surface area contributed by atoms with Crippen LogP contribution in [0.2, 0.25) is 10.0 Å². The Morgan fingerprint density at radius 3 is 2.64 bits per heavy atom. The van der Waals surface area contributed by atoms with Gasteiger partial charge in [0.15, 0.2) is 5.82 Å². The molecule has 3 N–H and O–H groups in total. The molecule has 1 aliphatic rings. The number of aromatic nitrogens is 1. The fraction of sp³-hybridized carbons (Fsp3) is 0.316. The van der Waals surface area contributed by atoms with E-state index in [2.05, 4.69) is 10.3 Å². The van der Waals surface area contributed by atoms with Crippen molar-refractivity contribution in [2.24, 2.45) is 5.92 Å². The van der Waals surface area contributed by atoms with E-state index < -0.39 is 5.95 Å². The van der Waals surface area contributed by atoms with E-state index in [1.165, 1.54) is 6.07 Å². The average molecular weight is 425 g/mol. The van der Waals surface area contributed by atoms with Gasteiger partial charge >= 0.3 is 0 Å². The number of likely N-dealkylation sites (tertiary alicyclic amines) is 1. The van der Waals surface area contributed by atoms with Crippen LogP contribution in [0.15, 0.2) is 30.3 Å². The maximum atomic E-state index is 13.0. The number of halogens is 3. The van der Waals surface area contributed by atoms with Gasteiger partial charge in [0.1, 0.15) is 0 Å². The summed E-state index contributed by atoms with van der Waals surface area (Å²) in [7, 11) is 0. The Bertz CT molecular complexity index is 889. The number of anilines is 2. The van der Waals surface area contributed by atoms with E-state index in [1.54, 1.807) is 23.1 Å². The number of carbonyl (C=O) groups excluding carboxylic acids is 2. The highest BCUT2D eigenvalue weighted by molar-refractivity contribution is 6.34. The van der Waals surface area contributed by atoms with E-state index in [0.29, 0.717) is 36.0 Å². The molecule has 0 spiro atoms. The highest BCUT2D eigenvalue weighted by Gasteiger charge is 2.29. The van der Waals surface area contributed by atoms with Crippen molar-refractivity contribution in [3.8, 4) is 0 Å². The molecule has 1 aromatic heterocycles. The monoisotopic (exact) mass is 424 g/mol. The first-order chi connectivity index (χ1) is 13.3. The minimum absolute atomic E-state index is 0.0880. The quantitative estimate of drug-likeness (QED) is 0.734. The number of amides is 2. The van der Waals surface area contributed by atoms with Crippen LogP contribution in [0.25, 0.3) is 0 Å². The van der Waals surface area contributed by atoms with Gasteiger partial charge in [0.05, 0.1) is 18.0 Å². The fourth-order valence-electron chi connectivity index (χ4n) is 3.21. The van der Waals surface area contributed by atoms with E-state index in [0.717, 1.165) is 11.6 Å². The van der Waals surface area contributed by atoms with Gasteiger partial charge in [0, 0.05) is 23.1 Å². The molecule has 0 aliphatic carbocycles. The number of nitrogens with zero attached hydrogens (tertiary/aromatic N) is 2. The third-order valence-corrected chi connectivity index (χ3v) is 5.01.